The zero-order valence-electron chi connectivity index (χ0n) is 4.65. The van der Waals surface area contributed by atoms with Crippen molar-refractivity contribution in [1.82, 2.24) is 5.32 Å². The van der Waals surface area contributed by atoms with Gasteiger partial charge in [0.15, 0.2) is 5.78 Å². The summed E-state index contributed by atoms with van der Waals surface area (Å²) in [5.74, 6) is -0.0411. The average molecular weight is 353 g/mol. The fourth-order valence-corrected chi connectivity index (χ4v) is 1.39. The van der Waals surface area contributed by atoms with E-state index in [0.29, 0.717) is 0 Å². The summed E-state index contributed by atoms with van der Waals surface area (Å²) in [6.07, 6.45) is 0. The Morgan fingerprint density at radius 1 is 1.56 bits per heavy atom. The number of rotatable bonds is 2. The summed E-state index contributed by atoms with van der Waals surface area (Å²) in [6.45, 7) is 1.43. The SMILES string of the molecule is CC(=O)C(I)NC(=O)I. The number of hydrogen-bond donors (Lipinski definition) is 1. The van der Waals surface area contributed by atoms with E-state index in [2.05, 4.69) is 5.32 Å². The van der Waals surface area contributed by atoms with E-state index in [-0.39, 0.29) is 13.7 Å². The Bertz CT molecular complexity index is 137. The molecule has 0 saturated heterocycles. The van der Waals surface area contributed by atoms with Crippen molar-refractivity contribution in [3.63, 3.8) is 0 Å². The molecule has 1 N–H and O–H groups in total. The molecule has 1 unspecified atom stereocenters. The second-order valence-electron chi connectivity index (χ2n) is 1.39. The lowest BCUT2D eigenvalue weighted by atomic mass is 10.5. The predicted molar refractivity (Wildman–Crippen MR) is 51.0 cm³/mol. The maximum atomic E-state index is 10.5. The molecule has 0 aromatic rings. The van der Waals surface area contributed by atoms with Crippen LogP contribution in [0, 0.1) is 0 Å². The Balaban J connectivity index is 3.63. The molecule has 0 radical (unpaired) electrons. The highest BCUT2D eigenvalue weighted by atomic mass is 127. The summed E-state index contributed by atoms with van der Waals surface area (Å²) >= 11 is 3.44. The minimum Gasteiger partial charge on any atom is -0.329 e. The molecule has 0 fully saturated rings. The first-order valence-corrected chi connectivity index (χ1v) is 4.47. The summed E-state index contributed by atoms with van der Waals surface area (Å²) in [5.41, 5.74) is 0. The number of alkyl halides is 1. The van der Waals surface area contributed by atoms with Crippen LogP contribution in [0.3, 0.4) is 0 Å². The highest BCUT2D eigenvalue weighted by Crippen LogP contribution is 1.98. The Labute approximate surface area is 80.2 Å². The third kappa shape index (κ3) is 5.07. The van der Waals surface area contributed by atoms with Gasteiger partial charge in [-0.15, -0.1) is 0 Å². The first-order valence-electron chi connectivity index (χ1n) is 2.14. The first-order chi connectivity index (χ1) is 4.04. The van der Waals surface area contributed by atoms with E-state index < -0.39 is 0 Å². The second kappa shape index (κ2) is 4.42. The van der Waals surface area contributed by atoms with Gasteiger partial charge in [-0.25, -0.2) is 0 Å². The summed E-state index contributed by atoms with van der Waals surface area (Å²) in [6, 6.07) is 0. The zero-order valence-corrected chi connectivity index (χ0v) is 8.96. The molecule has 1 atom stereocenters. The van der Waals surface area contributed by atoms with Crippen molar-refractivity contribution in [1.29, 1.82) is 0 Å². The maximum absolute atomic E-state index is 10.5. The molecule has 0 aliphatic rings. The average Bonchev–Trinajstić information content (AvgIpc) is 1.63. The van der Waals surface area contributed by atoms with Crippen molar-refractivity contribution < 1.29 is 9.59 Å². The van der Waals surface area contributed by atoms with Gasteiger partial charge in [-0.3, -0.25) is 9.59 Å². The van der Waals surface area contributed by atoms with E-state index in [9.17, 15) is 9.59 Å². The van der Waals surface area contributed by atoms with Crippen LogP contribution in [0.25, 0.3) is 0 Å². The van der Waals surface area contributed by atoms with Crippen molar-refractivity contribution in [3.05, 3.63) is 0 Å². The molecule has 0 spiro atoms. The number of hydrogen-bond acceptors (Lipinski definition) is 2. The van der Waals surface area contributed by atoms with Crippen LogP contribution in [-0.2, 0) is 4.79 Å². The molecule has 5 heteroatoms. The van der Waals surface area contributed by atoms with Gasteiger partial charge in [0, 0.05) is 22.6 Å². The smallest absolute Gasteiger partial charge is 0.281 e. The van der Waals surface area contributed by atoms with Crippen LogP contribution in [0.15, 0.2) is 0 Å². The standard InChI is InChI=1S/C4H5I2NO2/c1-2(8)3(5)7-4(6)9/h3H,1H3,(H,7,9). The molecule has 3 nitrogen and oxygen atoms in total. The van der Waals surface area contributed by atoms with E-state index in [1.165, 1.54) is 6.92 Å². The lowest BCUT2D eigenvalue weighted by molar-refractivity contribution is -0.116. The predicted octanol–water partition coefficient (Wildman–Crippen LogP) is 1.48. The van der Waals surface area contributed by atoms with Crippen LogP contribution < -0.4 is 5.32 Å². The normalized spacial score (nSPS) is 12.3. The molecule has 0 heterocycles. The minimum atomic E-state index is -0.382. The number of halogens is 2. The number of nitrogens with one attached hydrogen (secondary N) is 1. The number of Topliss-reactive ketones (excluding diaryl/α,β-unsaturated/α-hetero) is 1. The van der Waals surface area contributed by atoms with Gasteiger partial charge in [0.2, 0.25) is 0 Å². The Hall–Kier alpha value is 0.600. The van der Waals surface area contributed by atoms with Gasteiger partial charge in [0.1, 0.15) is 4.05 Å². The largest absolute Gasteiger partial charge is 0.329 e. The lowest BCUT2D eigenvalue weighted by Crippen LogP contribution is -2.30. The quantitative estimate of drug-likeness (QED) is 0.354. The van der Waals surface area contributed by atoms with Crippen molar-refractivity contribution >= 4 is 54.9 Å². The topological polar surface area (TPSA) is 46.2 Å². The zero-order chi connectivity index (χ0) is 7.44. The Morgan fingerprint density at radius 2 is 2.00 bits per heavy atom. The van der Waals surface area contributed by atoms with Gasteiger partial charge in [-0.1, -0.05) is 22.6 Å². The van der Waals surface area contributed by atoms with Crippen molar-refractivity contribution in [2.75, 3.05) is 0 Å². The van der Waals surface area contributed by atoms with Gasteiger partial charge in [-0.05, 0) is 6.92 Å². The van der Waals surface area contributed by atoms with Crippen LogP contribution in [0.4, 0.5) is 4.79 Å². The van der Waals surface area contributed by atoms with Crippen molar-refractivity contribution in [3.8, 4) is 0 Å². The fraction of sp³-hybridized carbons (Fsp3) is 0.500. The van der Waals surface area contributed by atoms with Gasteiger partial charge in [-0.2, -0.15) is 0 Å². The summed E-state index contributed by atoms with van der Waals surface area (Å²) in [5, 5.41) is 2.43. The van der Waals surface area contributed by atoms with E-state index in [0.717, 1.165) is 0 Å². The number of amides is 1. The van der Waals surface area contributed by atoms with Crippen LogP contribution in [-0.4, -0.2) is 13.7 Å². The van der Waals surface area contributed by atoms with Crippen LogP contribution >= 0.6 is 45.2 Å². The number of carbonyl (C=O) groups excluding carboxylic acids is 2. The Morgan fingerprint density at radius 3 is 2.11 bits per heavy atom. The molecule has 0 aromatic carbocycles. The summed E-state index contributed by atoms with van der Waals surface area (Å²) in [4.78, 5) is 20.7. The van der Waals surface area contributed by atoms with Gasteiger partial charge >= 0.3 is 0 Å². The minimum absolute atomic E-state index is 0.0411. The lowest BCUT2D eigenvalue weighted by Gasteiger charge is -2.03. The van der Waals surface area contributed by atoms with Crippen molar-refractivity contribution in [2.24, 2.45) is 0 Å². The highest BCUT2D eigenvalue weighted by molar-refractivity contribution is 14.1. The van der Waals surface area contributed by atoms with Crippen LogP contribution in [0.5, 0.6) is 0 Å². The molecule has 0 saturated carbocycles. The summed E-state index contributed by atoms with van der Waals surface area (Å²) in [7, 11) is 0. The van der Waals surface area contributed by atoms with Gasteiger partial charge in [0.25, 0.3) is 3.91 Å². The molecular formula is C4H5I2NO2. The second-order valence-corrected chi connectivity index (χ2v) is 3.62. The molecule has 9 heavy (non-hydrogen) atoms. The van der Waals surface area contributed by atoms with Gasteiger partial charge < -0.3 is 5.32 Å². The fourth-order valence-electron chi connectivity index (χ4n) is 0.201. The van der Waals surface area contributed by atoms with Gasteiger partial charge in [0.05, 0.1) is 0 Å². The van der Waals surface area contributed by atoms with Crippen LogP contribution in [0.2, 0.25) is 0 Å². The molecule has 0 bridgehead atoms. The molecule has 0 aliphatic carbocycles. The summed E-state index contributed by atoms with van der Waals surface area (Å²) < 4.78 is -0.589. The molecule has 0 aromatic heterocycles. The van der Waals surface area contributed by atoms with E-state index in [1.54, 1.807) is 22.6 Å². The van der Waals surface area contributed by atoms with E-state index in [4.69, 9.17) is 0 Å². The molecule has 1 amide bonds. The molecule has 0 aliphatic heterocycles. The van der Waals surface area contributed by atoms with Crippen LogP contribution in [0.1, 0.15) is 6.92 Å². The molecule has 52 valence electrons. The third-order valence-electron chi connectivity index (χ3n) is 0.597. The molecular weight excluding hydrogens is 348 g/mol. The number of carbonyl (C=O) groups is 2. The van der Waals surface area contributed by atoms with E-state index in [1.807, 2.05) is 22.6 Å². The number of ketones is 1. The third-order valence-corrected chi connectivity index (χ3v) is 2.10. The monoisotopic (exact) mass is 353 g/mol. The highest BCUT2D eigenvalue weighted by Gasteiger charge is 2.09. The molecule has 0 rings (SSSR count). The maximum Gasteiger partial charge on any atom is 0.281 e. The van der Waals surface area contributed by atoms with E-state index >= 15 is 0 Å². The van der Waals surface area contributed by atoms with Crippen molar-refractivity contribution in [2.45, 2.75) is 11.0 Å². The first kappa shape index (κ1) is 9.60. The Kier molecular flexibility index (Phi) is 4.72.